The van der Waals surface area contributed by atoms with E-state index in [0.29, 0.717) is 32.8 Å². The topological polar surface area (TPSA) is 75.7 Å². The van der Waals surface area contributed by atoms with Gasteiger partial charge in [0.15, 0.2) is 0 Å². The molecule has 1 aliphatic heterocycles. The number of rotatable bonds is 5. The fourth-order valence-corrected chi connectivity index (χ4v) is 2.62. The molecule has 1 amide bonds. The van der Waals surface area contributed by atoms with Gasteiger partial charge in [-0.3, -0.25) is 4.79 Å². The van der Waals surface area contributed by atoms with Gasteiger partial charge in [0.2, 0.25) is 0 Å². The number of hydrogen-bond acceptors (Lipinski definition) is 4. The Morgan fingerprint density at radius 3 is 2.53 bits per heavy atom. The number of carbonyl (C=O) groups excluding carboxylic acids is 1. The van der Waals surface area contributed by atoms with Crippen LogP contribution >= 0.6 is 0 Å². The van der Waals surface area contributed by atoms with E-state index in [9.17, 15) is 13.2 Å². The summed E-state index contributed by atoms with van der Waals surface area (Å²) in [7, 11) is -3.86. The van der Waals surface area contributed by atoms with Gasteiger partial charge in [-0.05, 0) is 6.42 Å². The number of unbranched alkanes of at least 4 members (excludes halogenated alkanes) is 2. The molecule has 1 N–H and O–H groups in total. The summed E-state index contributed by atoms with van der Waals surface area (Å²) >= 11 is 0. The van der Waals surface area contributed by atoms with E-state index >= 15 is 0 Å². The molecule has 0 aliphatic carbocycles. The van der Waals surface area contributed by atoms with Crippen molar-refractivity contribution >= 4 is 15.3 Å². The number of morpholine rings is 1. The quantitative estimate of drug-likeness (QED) is 0.736. The zero-order chi connectivity index (χ0) is 12.7. The third-order valence-corrected chi connectivity index (χ3v) is 3.87. The van der Waals surface area contributed by atoms with Crippen molar-refractivity contribution in [2.24, 2.45) is 0 Å². The largest absolute Gasteiger partial charge is 0.378 e. The molecular formula is C10H20N2O4S. The molecule has 1 fully saturated rings. The molecule has 0 radical (unpaired) electrons. The number of amides is 1. The summed E-state index contributed by atoms with van der Waals surface area (Å²) < 4.78 is 30.7. The van der Waals surface area contributed by atoms with Crippen molar-refractivity contribution in [1.82, 2.24) is 9.62 Å². The predicted molar refractivity (Wildman–Crippen MR) is 64.2 cm³/mol. The highest BCUT2D eigenvalue weighted by atomic mass is 32.2. The standard InChI is InChI=1S/C10H20N2O4S/c1-2-3-4-5-11-17(14,15)10(13)12-6-8-16-9-7-12/h11H,2-9H2,1H3. The van der Waals surface area contributed by atoms with Gasteiger partial charge in [0.1, 0.15) is 0 Å². The van der Waals surface area contributed by atoms with E-state index in [0.717, 1.165) is 19.3 Å². The van der Waals surface area contributed by atoms with Gasteiger partial charge in [0.05, 0.1) is 13.2 Å². The fourth-order valence-electron chi connectivity index (χ4n) is 1.56. The number of nitrogens with one attached hydrogen (secondary N) is 1. The summed E-state index contributed by atoms with van der Waals surface area (Å²) in [6.07, 6.45) is 2.72. The van der Waals surface area contributed by atoms with Gasteiger partial charge in [-0.2, -0.15) is 0 Å². The highest BCUT2D eigenvalue weighted by Gasteiger charge is 2.28. The van der Waals surface area contributed by atoms with Crippen molar-refractivity contribution in [3.8, 4) is 0 Å². The van der Waals surface area contributed by atoms with E-state index in [1.165, 1.54) is 4.90 Å². The van der Waals surface area contributed by atoms with E-state index in [1.807, 2.05) is 6.92 Å². The Bertz CT molecular complexity index is 336. The van der Waals surface area contributed by atoms with E-state index < -0.39 is 15.3 Å². The van der Waals surface area contributed by atoms with Gasteiger partial charge < -0.3 is 9.64 Å². The first kappa shape index (κ1) is 14.4. The van der Waals surface area contributed by atoms with Crippen molar-refractivity contribution in [3.05, 3.63) is 0 Å². The number of ether oxygens (including phenoxy) is 1. The van der Waals surface area contributed by atoms with Gasteiger partial charge in [-0.25, -0.2) is 13.1 Å². The maximum Gasteiger partial charge on any atom is 0.354 e. The normalized spacial score (nSPS) is 17.1. The molecule has 100 valence electrons. The molecule has 0 aromatic rings. The summed E-state index contributed by atoms with van der Waals surface area (Å²) in [4.78, 5) is 13.0. The Labute approximate surface area is 102 Å². The molecule has 0 saturated carbocycles. The van der Waals surface area contributed by atoms with Crippen LogP contribution in [-0.2, 0) is 14.8 Å². The summed E-state index contributed by atoms with van der Waals surface area (Å²) in [5, 5.41) is -0.836. The van der Waals surface area contributed by atoms with E-state index in [-0.39, 0.29) is 0 Å². The van der Waals surface area contributed by atoms with Crippen LogP contribution in [0.3, 0.4) is 0 Å². The molecule has 1 saturated heterocycles. The third-order valence-electron chi connectivity index (χ3n) is 2.57. The van der Waals surface area contributed by atoms with Crippen LogP contribution in [0, 0.1) is 0 Å². The molecule has 1 heterocycles. The van der Waals surface area contributed by atoms with Crippen LogP contribution in [0.1, 0.15) is 26.2 Å². The number of hydrogen-bond donors (Lipinski definition) is 1. The number of sulfonamides is 1. The SMILES string of the molecule is CCCCCNS(=O)(=O)C(=O)N1CCOCC1. The van der Waals surface area contributed by atoms with E-state index in [1.54, 1.807) is 0 Å². The molecule has 0 aromatic heterocycles. The Morgan fingerprint density at radius 2 is 1.94 bits per heavy atom. The van der Waals surface area contributed by atoms with Gasteiger partial charge >= 0.3 is 5.24 Å². The Balaban J connectivity index is 2.42. The predicted octanol–water partition coefficient (Wildman–Crippen LogP) is 0.548. The van der Waals surface area contributed by atoms with Crippen LogP contribution in [0.4, 0.5) is 4.79 Å². The zero-order valence-corrected chi connectivity index (χ0v) is 11.0. The highest BCUT2D eigenvalue weighted by Crippen LogP contribution is 2.03. The summed E-state index contributed by atoms with van der Waals surface area (Å²) in [6.45, 7) is 3.84. The van der Waals surface area contributed by atoms with Crippen molar-refractivity contribution in [2.45, 2.75) is 26.2 Å². The molecule has 0 spiro atoms. The second kappa shape index (κ2) is 6.93. The van der Waals surface area contributed by atoms with Crippen LogP contribution in [0.5, 0.6) is 0 Å². The van der Waals surface area contributed by atoms with E-state index in [2.05, 4.69) is 4.72 Å². The minimum absolute atomic E-state index is 0.326. The monoisotopic (exact) mass is 264 g/mol. The molecule has 0 unspecified atom stereocenters. The molecule has 17 heavy (non-hydrogen) atoms. The third kappa shape index (κ3) is 4.61. The van der Waals surface area contributed by atoms with Crippen LogP contribution in [-0.4, -0.2) is 51.4 Å². The molecule has 0 atom stereocenters. The van der Waals surface area contributed by atoms with Gasteiger partial charge in [0, 0.05) is 19.6 Å². The zero-order valence-electron chi connectivity index (χ0n) is 10.1. The summed E-state index contributed by atoms with van der Waals surface area (Å²) in [5.74, 6) is 0. The molecule has 6 nitrogen and oxygen atoms in total. The van der Waals surface area contributed by atoms with Crippen molar-refractivity contribution < 1.29 is 17.9 Å². The van der Waals surface area contributed by atoms with Gasteiger partial charge in [-0.15, -0.1) is 0 Å². The van der Waals surface area contributed by atoms with Crippen molar-refractivity contribution in [3.63, 3.8) is 0 Å². The fraction of sp³-hybridized carbons (Fsp3) is 0.900. The Hall–Kier alpha value is -0.660. The number of nitrogens with zero attached hydrogens (tertiary/aromatic N) is 1. The maximum atomic E-state index is 11.7. The van der Waals surface area contributed by atoms with Crippen LogP contribution in [0.25, 0.3) is 0 Å². The summed E-state index contributed by atoms with van der Waals surface area (Å²) in [6, 6.07) is 0. The lowest BCUT2D eigenvalue weighted by molar-refractivity contribution is 0.0587. The van der Waals surface area contributed by atoms with Crippen LogP contribution in [0.2, 0.25) is 0 Å². The van der Waals surface area contributed by atoms with Crippen molar-refractivity contribution in [1.29, 1.82) is 0 Å². The molecular weight excluding hydrogens is 244 g/mol. The first-order chi connectivity index (χ1) is 8.08. The van der Waals surface area contributed by atoms with Gasteiger partial charge in [-0.1, -0.05) is 19.8 Å². The minimum atomic E-state index is -3.86. The molecule has 0 aromatic carbocycles. The summed E-state index contributed by atoms with van der Waals surface area (Å²) in [5.41, 5.74) is 0. The maximum absolute atomic E-state index is 11.7. The molecule has 0 bridgehead atoms. The van der Waals surface area contributed by atoms with Crippen LogP contribution in [0.15, 0.2) is 0 Å². The molecule has 1 aliphatic rings. The Morgan fingerprint density at radius 1 is 1.29 bits per heavy atom. The van der Waals surface area contributed by atoms with Crippen molar-refractivity contribution in [2.75, 3.05) is 32.8 Å². The second-order valence-corrected chi connectivity index (χ2v) is 5.61. The smallest absolute Gasteiger partial charge is 0.354 e. The molecule has 1 rings (SSSR count). The highest BCUT2D eigenvalue weighted by molar-refractivity contribution is 8.04. The Kier molecular flexibility index (Phi) is 5.87. The average molecular weight is 264 g/mol. The lowest BCUT2D eigenvalue weighted by Gasteiger charge is -2.26. The van der Waals surface area contributed by atoms with Crippen LogP contribution < -0.4 is 4.72 Å². The van der Waals surface area contributed by atoms with Gasteiger partial charge in [0.25, 0.3) is 10.0 Å². The number of carbonyl (C=O) groups is 1. The second-order valence-electron chi connectivity index (χ2n) is 3.97. The first-order valence-electron chi connectivity index (χ1n) is 5.94. The molecule has 7 heteroatoms. The first-order valence-corrected chi connectivity index (χ1v) is 7.42. The average Bonchev–Trinajstić information content (AvgIpc) is 2.35. The lowest BCUT2D eigenvalue weighted by atomic mass is 10.3. The lowest BCUT2D eigenvalue weighted by Crippen LogP contribution is -2.46. The minimum Gasteiger partial charge on any atom is -0.378 e. The van der Waals surface area contributed by atoms with E-state index in [4.69, 9.17) is 4.74 Å².